The van der Waals surface area contributed by atoms with Gasteiger partial charge >= 0.3 is 0 Å². The largest absolute Gasteiger partial charge is 0.392 e. The quantitative estimate of drug-likeness (QED) is 0.708. The maximum Gasteiger partial charge on any atom is 0.240 e. The number of fused-ring (bicyclic) bond motifs is 1. The molecule has 1 heterocycles. The van der Waals surface area contributed by atoms with Crippen LogP contribution in [0.3, 0.4) is 0 Å². The molecule has 0 fully saturated rings. The van der Waals surface area contributed by atoms with E-state index in [0.29, 0.717) is 11.3 Å². The van der Waals surface area contributed by atoms with Crippen LogP contribution in [0, 0.1) is 0 Å². The molecule has 0 aliphatic carbocycles. The minimum atomic E-state index is -3.64. The van der Waals surface area contributed by atoms with E-state index in [-0.39, 0.29) is 23.8 Å². The first-order chi connectivity index (χ1) is 8.38. The topological polar surface area (TPSA) is 95.5 Å². The van der Waals surface area contributed by atoms with Crippen LogP contribution in [-0.2, 0) is 21.2 Å². The van der Waals surface area contributed by atoms with Gasteiger partial charge in [0.1, 0.15) is 0 Å². The summed E-state index contributed by atoms with van der Waals surface area (Å²) in [4.78, 5) is 11.3. The van der Waals surface area contributed by atoms with E-state index < -0.39 is 16.1 Å². The Morgan fingerprint density at radius 3 is 2.89 bits per heavy atom. The molecule has 1 aliphatic heterocycles. The number of aliphatic hydroxyl groups excluding tert-OH is 1. The average Bonchev–Trinajstić information content (AvgIpc) is 2.65. The normalized spacial score (nSPS) is 16.2. The molecule has 1 amide bonds. The van der Waals surface area contributed by atoms with E-state index >= 15 is 0 Å². The molecule has 2 rings (SSSR count). The van der Waals surface area contributed by atoms with Crippen LogP contribution in [0.25, 0.3) is 0 Å². The van der Waals surface area contributed by atoms with Gasteiger partial charge in [0.05, 0.1) is 17.4 Å². The molecule has 3 N–H and O–H groups in total. The summed E-state index contributed by atoms with van der Waals surface area (Å²) in [7, 11) is -3.64. The number of amides is 1. The molecule has 1 aromatic carbocycles. The van der Waals surface area contributed by atoms with Gasteiger partial charge < -0.3 is 10.4 Å². The van der Waals surface area contributed by atoms with E-state index in [1.54, 1.807) is 6.07 Å². The number of nitrogens with one attached hydrogen (secondary N) is 2. The number of sulfonamides is 1. The van der Waals surface area contributed by atoms with Gasteiger partial charge in [-0.15, -0.1) is 0 Å². The Balaban J connectivity index is 2.24. The highest BCUT2D eigenvalue weighted by molar-refractivity contribution is 7.89. The van der Waals surface area contributed by atoms with Crippen LogP contribution in [-0.4, -0.2) is 32.1 Å². The number of carbonyl (C=O) groups is 1. The van der Waals surface area contributed by atoms with Crippen LogP contribution in [0.5, 0.6) is 0 Å². The number of hydrogen-bond acceptors (Lipinski definition) is 4. The third kappa shape index (κ3) is 2.69. The Morgan fingerprint density at radius 1 is 1.50 bits per heavy atom. The maximum atomic E-state index is 11.9. The Kier molecular flexibility index (Phi) is 3.38. The average molecular weight is 270 g/mol. The second kappa shape index (κ2) is 4.68. The predicted octanol–water partition coefficient (Wildman–Crippen LogP) is -0.160. The van der Waals surface area contributed by atoms with Crippen molar-refractivity contribution in [2.45, 2.75) is 24.3 Å². The monoisotopic (exact) mass is 270 g/mol. The molecule has 18 heavy (non-hydrogen) atoms. The predicted molar refractivity (Wildman–Crippen MR) is 65.6 cm³/mol. The van der Waals surface area contributed by atoms with Crippen LogP contribution < -0.4 is 10.0 Å². The fourth-order valence-corrected chi connectivity index (χ4v) is 2.86. The summed E-state index contributed by atoms with van der Waals surface area (Å²) in [6, 6.07) is 4.46. The summed E-state index contributed by atoms with van der Waals surface area (Å²) in [6.45, 7) is 1.45. The van der Waals surface area contributed by atoms with Gasteiger partial charge in [0.15, 0.2) is 0 Å². The van der Waals surface area contributed by atoms with E-state index in [1.807, 2.05) is 0 Å². The smallest absolute Gasteiger partial charge is 0.240 e. The second-order valence-corrected chi connectivity index (χ2v) is 6.01. The van der Waals surface area contributed by atoms with Crippen LogP contribution in [0.2, 0.25) is 0 Å². The molecule has 0 spiro atoms. The summed E-state index contributed by atoms with van der Waals surface area (Å²) in [6.07, 6.45) is -0.563. The van der Waals surface area contributed by atoms with Gasteiger partial charge in [-0.3, -0.25) is 4.79 Å². The van der Waals surface area contributed by atoms with Gasteiger partial charge in [-0.2, -0.15) is 0 Å². The zero-order valence-electron chi connectivity index (χ0n) is 9.80. The molecule has 7 heteroatoms. The number of aliphatic hydroxyl groups is 1. The van der Waals surface area contributed by atoms with E-state index in [1.165, 1.54) is 19.1 Å². The van der Waals surface area contributed by atoms with Crippen LogP contribution in [0.1, 0.15) is 12.5 Å². The first-order valence-electron chi connectivity index (χ1n) is 5.49. The van der Waals surface area contributed by atoms with Gasteiger partial charge in [0.2, 0.25) is 15.9 Å². The first-order valence-corrected chi connectivity index (χ1v) is 6.97. The van der Waals surface area contributed by atoms with Crippen molar-refractivity contribution in [1.82, 2.24) is 4.72 Å². The Morgan fingerprint density at radius 2 is 2.22 bits per heavy atom. The van der Waals surface area contributed by atoms with Crippen LogP contribution >= 0.6 is 0 Å². The van der Waals surface area contributed by atoms with E-state index in [4.69, 9.17) is 5.11 Å². The highest BCUT2D eigenvalue weighted by atomic mass is 32.2. The number of benzene rings is 1. The third-order valence-electron chi connectivity index (χ3n) is 2.58. The molecule has 0 aromatic heterocycles. The molecule has 1 atom stereocenters. The summed E-state index contributed by atoms with van der Waals surface area (Å²) in [5, 5.41) is 11.7. The highest BCUT2D eigenvalue weighted by Gasteiger charge is 2.21. The van der Waals surface area contributed by atoms with Crippen LogP contribution in [0.15, 0.2) is 23.1 Å². The molecular weight excluding hydrogens is 256 g/mol. The van der Waals surface area contributed by atoms with Gasteiger partial charge in [-0.05, 0) is 30.7 Å². The highest BCUT2D eigenvalue weighted by Crippen LogP contribution is 2.25. The first kappa shape index (κ1) is 13.0. The van der Waals surface area contributed by atoms with E-state index in [2.05, 4.69) is 10.0 Å². The SMILES string of the molecule is C[C@@H](O)CNS(=O)(=O)c1ccc2c(c1)CC(=O)N2. The molecule has 0 saturated heterocycles. The Bertz CT molecular complexity index is 581. The summed E-state index contributed by atoms with van der Waals surface area (Å²) < 4.78 is 26.1. The lowest BCUT2D eigenvalue weighted by atomic mass is 10.2. The van der Waals surface area contributed by atoms with Gasteiger partial charge in [0, 0.05) is 12.2 Å². The van der Waals surface area contributed by atoms with E-state index in [9.17, 15) is 13.2 Å². The van der Waals surface area contributed by atoms with Crippen molar-refractivity contribution in [3.63, 3.8) is 0 Å². The summed E-state index contributed by atoms with van der Waals surface area (Å²) in [5.41, 5.74) is 1.31. The fourth-order valence-electron chi connectivity index (χ4n) is 1.69. The Labute approximate surface area is 105 Å². The molecule has 0 unspecified atom stereocenters. The molecule has 1 aromatic rings. The van der Waals surface area contributed by atoms with Gasteiger partial charge in [-0.1, -0.05) is 0 Å². The standard InChI is InChI=1S/C11H14N2O4S/c1-7(14)6-12-18(16,17)9-2-3-10-8(4-9)5-11(15)13-10/h2-4,7,12,14H,5-6H2,1H3,(H,13,15)/t7-/m1/s1. The van der Waals surface area contributed by atoms with Crippen molar-refractivity contribution in [2.24, 2.45) is 0 Å². The van der Waals surface area contributed by atoms with Crippen molar-refractivity contribution in [3.8, 4) is 0 Å². The van der Waals surface area contributed by atoms with Crippen molar-refractivity contribution in [1.29, 1.82) is 0 Å². The molecular formula is C11H14N2O4S. The van der Waals surface area contributed by atoms with Crippen molar-refractivity contribution < 1.29 is 18.3 Å². The zero-order chi connectivity index (χ0) is 13.3. The number of rotatable bonds is 4. The minimum Gasteiger partial charge on any atom is -0.392 e. The molecule has 0 radical (unpaired) electrons. The van der Waals surface area contributed by atoms with Crippen molar-refractivity contribution in [2.75, 3.05) is 11.9 Å². The van der Waals surface area contributed by atoms with Crippen LogP contribution in [0.4, 0.5) is 5.69 Å². The molecule has 6 nitrogen and oxygen atoms in total. The number of carbonyl (C=O) groups excluding carboxylic acids is 1. The van der Waals surface area contributed by atoms with Gasteiger partial charge in [0.25, 0.3) is 0 Å². The maximum absolute atomic E-state index is 11.9. The lowest BCUT2D eigenvalue weighted by Crippen LogP contribution is -2.30. The summed E-state index contributed by atoms with van der Waals surface area (Å²) >= 11 is 0. The lowest BCUT2D eigenvalue weighted by molar-refractivity contribution is -0.115. The molecule has 1 aliphatic rings. The second-order valence-electron chi connectivity index (χ2n) is 4.24. The molecule has 0 saturated carbocycles. The van der Waals surface area contributed by atoms with Gasteiger partial charge in [-0.25, -0.2) is 13.1 Å². The van der Waals surface area contributed by atoms with Crippen molar-refractivity contribution in [3.05, 3.63) is 23.8 Å². The number of hydrogen-bond donors (Lipinski definition) is 3. The zero-order valence-corrected chi connectivity index (χ0v) is 10.6. The third-order valence-corrected chi connectivity index (χ3v) is 4.00. The summed E-state index contributed by atoms with van der Waals surface area (Å²) in [5.74, 6) is -0.142. The molecule has 0 bridgehead atoms. The van der Waals surface area contributed by atoms with Crippen molar-refractivity contribution >= 4 is 21.6 Å². The van der Waals surface area contributed by atoms with E-state index in [0.717, 1.165) is 0 Å². The lowest BCUT2D eigenvalue weighted by Gasteiger charge is -2.09. The fraction of sp³-hybridized carbons (Fsp3) is 0.364. The minimum absolute atomic E-state index is 0.0450. The Hall–Kier alpha value is -1.44. The number of anilines is 1. The molecule has 98 valence electrons.